The standard InChI is InChI=1S/C22H30F3N7O5/c1-28-4-7-30(8-5-28)27-21(34)32-9-6-29(10-11-36-32)18-3-2-15(12-17(18)23)31-14-16(37-22(31)35)13-26-20(33)19(24)25/h2-3,12,16,19H,4-11,13-14H2,1H3,(H,26,33)(H,27,34). The lowest BCUT2D eigenvalue weighted by molar-refractivity contribution is -0.132. The topological polar surface area (TPSA) is 110 Å². The molecule has 15 heteroatoms. The molecule has 0 radical (unpaired) electrons. The predicted octanol–water partition coefficient (Wildman–Crippen LogP) is 0.458. The van der Waals surface area contributed by atoms with Gasteiger partial charge in [0.1, 0.15) is 11.9 Å². The number of hydrogen-bond acceptors (Lipinski definition) is 8. The summed E-state index contributed by atoms with van der Waals surface area (Å²) in [7, 11) is 2.02. The van der Waals surface area contributed by atoms with Gasteiger partial charge in [0, 0.05) is 39.3 Å². The highest BCUT2D eigenvalue weighted by atomic mass is 19.3. The third kappa shape index (κ3) is 6.72. The second-order valence-corrected chi connectivity index (χ2v) is 8.93. The van der Waals surface area contributed by atoms with Crippen molar-refractivity contribution in [2.75, 3.05) is 82.4 Å². The molecule has 3 saturated heterocycles. The maximum absolute atomic E-state index is 15.1. The Kier molecular flexibility index (Phi) is 8.56. The smallest absolute Gasteiger partial charge is 0.414 e. The molecular weight excluding hydrogens is 499 g/mol. The van der Waals surface area contributed by atoms with Gasteiger partial charge in [-0.3, -0.25) is 20.0 Å². The largest absolute Gasteiger partial charge is 0.442 e. The van der Waals surface area contributed by atoms with Gasteiger partial charge in [0.25, 0.3) is 5.91 Å². The Morgan fingerprint density at radius 3 is 2.57 bits per heavy atom. The van der Waals surface area contributed by atoms with Crippen LogP contribution in [0, 0.1) is 5.82 Å². The van der Waals surface area contributed by atoms with Gasteiger partial charge >= 0.3 is 18.5 Å². The highest BCUT2D eigenvalue weighted by Crippen LogP contribution is 2.28. The number of halogens is 3. The molecule has 4 rings (SSSR count). The van der Waals surface area contributed by atoms with E-state index in [1.54, 1.807) is 11.0 Å². The van der Waals surface area contributed by atoms with Gasteiger partial charge in [-0.2, -0.15) is 8.78 Å². The van der Waals surface area contributed by atoms with E-state index in [-0.39, 0.29) is 43.6 Å². The lowest BCUT2D eigenvalue weighted by Gasteiger charge is -2.33. The molecule has 1 aromatic rings. The maximum Gasteiger partial charge on any atom is 0.414 e. The van der Waals surface area contributed by atoms with E-state index in [1.807, 2.05) is 17.4 Å². The van der Waals surface area contributed by atoms with Crippen LogP contribution >= 0.6 is 0 Å². The van der Waals surface area contributed by atoms with Gasteiger partial charge in [-0.1, -0.05) is 0 Å². The number of anilines is 2. The number of urea groups is 1. The first-order chi connectivity index (χ1) is 17.7. The number of amides is 4. The highest BCUT2D eigenvalue weighted by Gasteiger charge is 2.34. The monoisotopic (exact) mass is 529 g/mol. The molecule has 0 saturated carbocycles. The zero-order valence-corrected chi connectivity index (χ0v) is 20.4. The second-order valence-electron chi connectivity index (χ2n) is 8.93. The molecule has 0 aliphatic carbocycles. The lowest BCUT2D eigenvalue weighted by atomic mass is 10.2. The first-order valence-electron chi connectivity index (χ1n) is 11.9. The number of ether oxygens (including phenoxy) is 1. The molecule has 12 nitrogen and oxygen atoms in total. The van der Waals surface area contributed by atoms with Gasteiger partial charge in [0.2, 0.25) is 0 Å². The summed E-state index contributed by atoms with van der Waals surface area (Å²) in [5.74, 6) is -2.04. The number of piperazine rings is 1. The molecule has 3 heterocycles. The fourth-order valence-corrected chi connectivity index (χ4v) is 4.21. The van der Waals surface area contributed by atoms with Crippen molar-refractivity contribution in [1.82, 2.24) is 25.7 Å². The van der Waals surface area contributed by atoms with Crippen molar-refractivity contribution in [2.45, 2.75) is 12.5 Å². The molecule has 0 bridgehead atoms. The van der Waals surface area contributed by atoms with Crippen molar-refractivity contribution < 1.29 is 37.1 Å². The SMILES string of the molecule is CN1CCN(NC(=O)N2CCN(c3ccc(N4CC(CNC(=O)C(F)F)OC4=O)cc3F)CCO2)CC1. The Morgan fingerprint density at radius 1 is 1.11 bits per heavy atom. The van der Waals surface area contributed by atoms with Crippen LogP contribution in [0.25, 0.3) is 0 Å². The van der Waals surface area contributed by atoms with Crippen molar-refractivity contribution in [3.05, 3.63) is 24.0 Å². The van der Waals surface area contributed by atoms with Crippen LogP contribution in [-0.4, -0.2) is 118 Å². The van der Waals surface area contributed by atoms with Crippen LogP contribution in [0.3, 0.4) is 0 Å². The number of hydrogen-bond donors (Lipinski definition) is 2. The van der Waals surface area contributed by atoms with Crippen molar-refractivity contribution >= 4 is 29.4 Å². The Hall–Kier alpha value is -3.30. The Morgan fingerprint density at radius 2 is 1.86 bits per heavy atom. The summed E-state index contributed by atoms with van der Waals surface area (Å²) in [5, 5.41) is 5.07. The minimum atomic E-state index is -3.17. The Bertz CT molecular complexity index is 995. The minimum Gasteiger partial charge on any atom is -0.442 e. The van der Waals surface area contributed by atoms with Crippen LogP contribution in [0.2, 0.25) is 0 Å². The van der Waals surface area contributed by atoms with Crippen molar-refractivity contribution in [1.29, 1.82) is 0 Å². The summed E-state index contributed by atoms with van der Waals surface area (Å²) in [4.78, 5) is 46.5. The molecule has 1 atom stereocenters. The Labute approximate surface area is 211 Å². The van der Waals surface area contributed by atoms with Crippen LogP contribution in [0.15, 0.2) is 18.2 Å². The number of rotatable bonds is 6. The van der Waals surface area contributed by atoms with Crippen molar-refractivity contribution in [3.63, 3.8) is 0 Å². The molecule has 1 unspecified atom stereocenters. The number of hydroxylamine groups is 2. The van der Waals surface area contributed by atoms with E-state index in [1.165, 1.54) is 22.1 Å². The van der Waals surface area contributed by atoms with Gasteiger partial charge in [0.05, 0.1) is 37.6 Å². The predicted molar refractivity (Wildman–Crippen MR) is 126 cm³/mol. The highest BCUT2D eigenvalue weighted by molar-refractivity contribution is 5.90. The third-order valence-corrected chi connectivity index (χ3v) is 6.32. The van der Waals surface area contributed by atoms with E-state index in [4.69, 9.17) is 9.57 Å². The lowest BCUT2D eigenvalue weighted by Crippen LogP contribution is -2.55. The van der Waals surface area contributed by atoms with Crippen molar-refractivity contribution in [3.8, 4) is 0 Å². The molecule has 0 aromatic heterocycles. The van der Waals surface area contributed by atoms with E-state index in [0.717, 1.165) is 13.1 Å². The molecule has 2 N–H and O–H groups in total. The molecule has 4 amide bonds. The fraction of sp³-hybridized carbons (Fsp3) is 0.591. The van der Waals surface area contributed by atoms with Crippen molar-refractivity contribution in [2.24, 2.45) is 0 Å². The van der Waals surface area contributed by atoms with Crippen LogP contribution < -0.4 is 20.5 Å². The number of likely N-dealkylation sites (N-methyl/N-ethyl adjacent to an activating group) is 1. The molecule has 3 fully saturated rings. The van der Waals surface area contributed by atoms with E-state index < -0.39 is 30.3 Å². The molecule has 204 valence electrons. The summed E-state index contributed by atoms with van der Waals surface area (Å²) in [6.07, 6.45) is -4.78. The zero-order chi connectivity index (χ0) is 26.5. The second kappa shape index (κ2) is 11.8. The average Bonchev–Trinajstić information content (AvgIpc) is 3.07. The van der Waals surface area contributed by atoms with E-state index in [0.29, 0.717) is 26.2 Å². The maximum atomic E-state index is 15.1. The van der Waals surface area contributed by atoms with Crippen LogP contribution in [0.4, 0.5) is 34.1 Å². The molecule has 0 spiro atoms. The minimum absolute atomic E-state index is 0.0317. The number of alkyl halides is 2. The zero-order valence-electron chi connectivity index (χ0n) is 20.4. The summed E-state index contributed by atoms with van der Waals surface area (Å²) < 4.78 is 44.8. The summed E-state index contributed by atoms with van der Waals surface area (Å²) in [6.45, 7) is 3.83. The van der Waals surface area contributed by atoms with E-state index in [9.17, 15) is 23.2 Å². The van der Waals surface area contributed by atoms with Gasteiger partial charge < -0.3 is 19.9 Å². The van der Waals surface area contributed by atoms with Gasteiger partial charge in [0.15, 0.2) is 0 Å². The van der Waals surface area contributed by atoms with E-state index >= 15 is 4.39 Å². The summed E-state index contributed by atoms with van der Waals surface area (Å²) >= 11 is 0. The van der Waals surface area contributed by atoms with E-state index in [2.05, 4.69) is 10.3 Å². The van der Waals surface area contributed by atoms with Crippen LogP contribution in [0.5, 0.6) is 0 Å². The van der Waals surface area contributed by atoms with Gasteiger partial charge in [-0.05, 0) is 25.2 Å². The first kappa shape index (κ1) is 26.8. The summed E-state index contributed by atoms with van der Waals surface area (Å²) in [5.41, 5.74) is 3.35. The molecule has 3 aliphatic heterocycles. The van der Waals surface area contributed by atoms with Crippen LogP contribution in [0.1, 0.15) is 0 Å². The number of benzene rings is 1. The van der Waals surface area contributed by atoms with Crippen LogP contribution in [-0.2, 0) is 14.4 Å². The molecule has 3 aliphatic rings. The third-order valence-electron chi connectivity index (χ3n) is 6.32. The molecular formula is C22H30F3N7O5. The first-order valence-corrected chi connectivity index (χ1v) is 11.9. The average molecular weight is 530 g/mol. The number of nitrogens with one attached hydrogen (secondary N) is 2. The number of nitrogens with zero attached hydrogens (tertiary/aromatic N) is 5. The van der Waals surface area contributed by atoms with Gasteiger partial charge in [-0.25, -0.2) is 24.1 Å². The molecule has 37 heavy (non-hydrogen) atoms. The summed E-state index contributed by atoms with van der Waals surface area (Å²) in [6, 6.07) is 3.86. The number of hydrazine groups is 1. The Balaban J connectivity index is 1.31. The number of cyclic esters (lactones) is 1. The normalized spacial score (nSPS) is 21.7. The number of carbonyl (C=O) groups is 3. The van der Waals surface area contributed by atoms with Gasteiger partial charge in [-0.15, -0.1) is 0 Å². The molecule has 1 aromatic carbocycles. The number of carbonyl (C=O) groups excluding carboxylic acids is 3. The fourth-order valence-electron chi connectivity index (χ4n) is 4.21. The quantitative estimate of drug-likeness (QED) is 0.547.